The Morgan fingerprint density at radius 1 is 1.10 bits per heavy atom. The van der Waals surface area contributed by atoms with Crippen LogP contribution < -0.4 is 9.47 Å². The van der Waals surface area contributed by atoms with Gasteiger partial charge in [0.15, 0.2) is 17.6 Å². The van der Waals surface area contributed by atoms with Gasteiger partial charge in [0.2, 0.25) is 12.7 Å². The quantitative estimate of drug-likeness (QED) is 0.695. The van der Waals surface area contributed by atoms with E-state index in [0.717, 1.165) is 42.7 Å². The highest BCUT2D eigenvalue weighted by Crippen LogP contribution is 2.34. The van der Waals surface area contributed by atoms with E-state index in [4.69, 9.17) is 14.3 Å². The predicted molar refractivity (Wildman–Crippen MR) is 112 cm³/mol. The summed E-state index contributed by atoms with van der Waals surface area (Å²) >= 11 is 0. The van der Waals surface area contributed by atoms with Gasteiger partial charge >= 0.3 is 0 Å². The molecular formula is C24H25FN2O4. The minimum absolute atomic E-state index is 0.0161. The molecule has 1 fully saturated rings. The van der Waals surface area contributed by atoms with Crippen LogP contribution in [0.25, 0.3) is 0 Å². The molecule has 2 aromatic rings. The fourth-order valence-electron chi connectivity index (χ4n) is 4.51. The van der Waals surface area contributed by atoms with Crippen LogP contribution in [0.15, 0.2) is 47.6 Å². The van der Waals surface area contributed by atoms with E-state index in [1.54, 1.807) is 23.1 Å². The lowest BCUT2D eigenvalue weighted by Crippen LogP contribution is -2.40. The standard InChI is InChI=1S/C24H25FN2O4/c25-20-8-4-3-7-18(20)13-27(24(28)16-5-1-2-6-16)14-19-12-21(26-31-19)17-9-10-22-23(11-17)30-15-29-22/h3-4,7-11,16,19H,1-2,5-6,12-15H2/t19-/m1/s1. The second-order valence-corrected chi connectivity index (χ2v) is 8.33. The first-order valence-electron chi connectivity index (χ1n) is 10.8. The highest BCUT2D eigenvalue weighted by molar-refractivity contribution is 6.01. The van der Waals surface area contributed by atoms with E-state index in [9.17, 15) is 9.18 Å². The molecule has 0 unspecified atom stereocenters. The molecule has 3 aliphatic rings. The van der Waals surface area contributed by atoms with Gasteiger partial charge in [0.05, 0.1) is 12.3 Å². The lowest BCUT2D eigenvalue weighted by molar-refractivity contribution is -0.137. The van der Waals surface area contributed by atoms with E-state index in [-0.39, 0.29) is 37.1 Å². The first kappa shape index (κ1) is 19.8. The van der Waals surface area contributed by atoms with E-state index < -0.39 is 0 Å². The molecule has 7 heteroatoms. The summed E-state index contributed by atoms with van der Waals surface area (Å²) in [5.74, 6) is 1.22. The van der Waals surface area contributed by atoms with Crippen LogP contribution >= 0.6 is 0 Å². The van der Waals surface area contributed by atoms with Crippen molar-refractivity contribution in [3.8, 4) is 11.5 Å². The molecule has 1 amide bonds. The molecule has 0 aromatic heterocycles. The average molecular weight is 424 g/mol. The summed E-state index contributed by atoms with van der Waals surface area (Å²) in [7, 11) is 0. The number of amides is 1. The SMILES string of the molecule is O=C(C1CCCC1)N(Cc1ccccc1F)C[C@H]1CC(c2ccc3c(c2)OCO3)=NO1. The number of fused-ring (bicyclic) bond motifs is 1. The van der Waals surface area contributed by atoms with Crippen LogP contribution in [0.3, 0.4) is 0 Å². The molecule has 31 heavy (non-hydrogen) atoms. The number of benzene rings is 2. The van der Waals surface area contributed by atoms with Crippen LogP contribution in [0, 0.1) is 11.7 Å². The zero-order chi connectivity index (χ0) is 21.2. The van der Waals surface area contributed by atoms with Crippen molar-refractivity contribution >= 4 is 11.6 Å². The fourth-order valence-corrected chi connectivity index (χ4v) is 4.51. The van der Waals surface area contributed by atoms with Gasteiger partial charge < -0.3 is 19.2 Å². The molecule has 0 N–H and O–H groups in total. The van der Waals surface area contributed by atoms with Crippen LogP contribution in [0.5, 0.6) is 11.5 Å². The maximum atomic E-state index is 14.3. The largest absolute Gasteiger partial charge is 0.454 e. The fraction of sp³-hybridized carbons (Fsp3) is 0.417. The minimum atomic E-state index is -0.295. The number of ether oxygens (including phenoxy) is 2. The van der Waals surface area contributed by atoms with Crippen molar-refractivity contribution in [2.24, 2.45) is 11.1 Å². The second-order valence-electron chi connectivity index (χ2n) is 8.33. The summed E-state index contributed by atoms with van der Waals surface area (Å²) in [4.78, 5) is 20.6. The molecule has 5 rings (SSSR count). The van der Waals surface area contributed by atoms with Crippen molar-refractivity contribution in [2.45, 2.75) is 44.8 Å². The number of nitrogens with zero attached hydrogens (tertiary/aromatic N) is 2. The highest BCUT2D eigenvalue weighted by atomic mass is 19.1. The van der Waals surface area contributed by atoms with Gasteiger partial charge in [-0.3, -0.25) is 4.79 Å². The Hall–Kier alpha value is -3.09. The van der Waals surface area contributed by atoms with Crippen LogP contribution in [-0.4, -0.2) is 36.0 Å². The number of carbonyl (C=O) groups is 1. The first-order valence-corrected chi connectivity index (χ1v) is 10.8. The van der Waals surface area contributed by atoms with Crippen molar-refractivity contribution in [3.63, 3.8) is 0 Å². The monoisotopic (exact) mass is 424 g/mol. The Morgan fingerprint density at radius 2 is 1.90 bits per heavy atom. The van der Waals surface area contributed by atoms with Crippen LogP contribution in [0.4, 0.5) is 4.39 Å². The molecular weight excluding hydrogens is 399 g/mol. The van der Waals surface area contributed by atoms with Gasteiger partial charge in [0.25, 0.3) is 0 Å². The lowest BCUT2D eigenvalue weighted by Gasteiger charge is -2.27. The first-order chi connectivity index (χ1) is 15.2. The smallest absolute Gasteiger partial charge is 0.231 e. The Labute approximate surface area is 180 Å². The van der Waals surface area contributed by atoms with Crippen molar-refractivity contribution in [3.05, 3.63) is 59.4 Å². The Kier molecular flexibility index (Phi) is 5.49. The molecule has 0 spiro atoms. The van der Waals surface area contributed by atoms with E-state index in [0.29, 0.717) is 24.3 Å². The highest BCUT2D eigenvalue weighted by Gasteiger charge is 2.32. The van der Waals surface area contributed by atoms with Gasteiger partial charge in [-0.05, 0) is 37.1 Å². The molecule has 2 aliphatic heterocycles. The van der Waals surface area contributed by atoms with Crippen molar-refractivity contribution < 1.29 is 23.5 Å². The molecule has 2 heterocycles. The third kappa shape index (κ3) is 4.22. The van der Waals surface area contributed by atoms with Crippen LogP contribution in [-0.2, 0) is 16.2 Å². The normalized spacial score (nSPS) is 19.9. The summed E-state index contributed by atoms with van der Waals surface area (Å²) < 4.78 is 25.1. The van der Waals surface area contributed by atoms with Crippen molar-refractivity contribution in [1.29, 1.82) is 0 Å². The molecule has 6 nitrogen and oxygen atoms in total. The number of carbonyl (C=O) groups excluding carboxylic acids is 1. The van der Waals surface area contributed by atoms with E-state index >= 15 is 0 Å². The van der Waals surface area contributed by atoms with Gasteiger partial charge in [0, 0.05) is 30.0 Å². The van der Waals surface area contributed by atoms with Crippen molar-refractivity contribution in [2.75, 3.05) is 13.3 Å². The minimum Gasteiger partial charge on any atom is -0.454 e. The van der Waals surface area contributed by atoms with Crippen LogP contribution in [0.1, 0.15) is 43.2 Å². The molecule has 1 atom stereocenters. The molecule has 2 aromatic carbocycles. The molecule has 162 valence electrons. The molecule has 0 bridgehead atoms. The third-order valence-corrected chi connectivity index (χ3v) is 6.20. The van der Waals surface area contributed by atoms with Gasteiger partial charge in [-0.15, -0.1) is 0 Å². The van der Waals surface area contributed by atoms with E-state index in [2.05, 4.69) is 5.16 Å². The molecule has 0 saturated heterocycles. The number of hydrogen-bond acceptors (Lipinski definition) is 5. The van der Waals surface area contributed by atoms with Crippen LogP contribution in [0.2, 0.25) is 0 Å². The Morgan fingerprint density at radius 3 is 2.74 bits per heavy atom. The summed E-state index contributed by atoms with van der Waals surface area (Å²) in [5.41, 5.74) is 2.24. The number of halogens is 1. The van der Waals surface area contributed by atoms with Gasteiger partial charge in [-0.2, -0.15) is 0 Å². The van der Waals surface area contributed by atoms with Crippen molar-refractivity contribution in [1.82, 2.24) is 4.90 Å². The Bertz CT molecular complexity index is 1000. The number of oxime groups is 1. The van der Waals surface area contributed by atoms with Gasteiger partial charge in [-0.25, -0.2) is 4.39 Å². The summed E-state index contributed by atoms with van der Waals surface area (Å²) in [6, 6.07) is 12.3. The predicted octanol–water partition coefficient (Wildman–Crippen LogP) is 4.27. The zero-order valence-corrected chi connectivity index (χ0v) is 17.3. The van der Waals surface area contributed by atoms with Gasteiger partial charge in [0.1, 0.15) is 5.82 Å². The summed E-state index contributed by atoms with van der Waals surface area (Å²) in [6.45, 7) is 0.834. The zero-order valence-electron chi connectivity index (χ0n) is 17.3. The third-order valence-electron chi connectivity index (χ3n) is 6.20. The number of hydrogen-bond donors (Lipinski definition) is 0. The second kappa shape index (κ2) is 8.57. The summed E-state index contributed by atoms with van der Waals surface area (Å²) in [5, 5.41) is 4.26. The van der Waals surface area contributed by atoms with E-state index in [1.807, 2.05) is 18.2 Å². The average Bonchev–Trinajstić information content (AvgIpc) is 3.55. The molecule has 1 aliphatic carbocycles. The molecule has 0 radical (unpaired) electrons. The Balaban J connectivity index is 1.29. The van der Waals surface area contributed by atoms with Gasteiger partial charge in [-0.1, -0.05) is 36.2 Å². The maximum Gasteiger partial charge on any atom is 0.231 e. The maximum absolute atomic E-state index is 14.3. The van der Waals surface area contributed by atoms with E-state index in [1.165, 1.54) is 6.07 Å². The number of rotatable bonds is 6. The molecule has 1 saturated carbocycles. The lowest BCUT2D eigenvalue weighted by atomic mass is 10.0. The topological polar surface area (TPSA) is 60.4 Å². The summed E-state index contributed by atoms with van der Waals surface area (Å²) in [6.07, 6.45) is 4.25.